The molecule has 0 aromatic heterocycles. The van der Waals surface area contributed by atoms with Gasteiger partial charge in [-0.15, -0.1) is 0 Å². The summed E-state index contributed by atoms with van der Waals surface area (Å²) in [5.41, 5.74) is 0.122. The van der Waals surface area contributed by atoms with Gasteiger partial charge < -0.3 is 10.2 Å². The van der Waals surface area contributed by atoms with Crippen LogP contribution >= 0.6 is 15.9 Å². The van der Waals surface area contributed by atoms with Crippen molar-refractivity contribution in [3.63, 3.8) is 0 Å². The van der Waals surface area contributed by atoms with Gasteiger partial charge in [0.1, 0.15) is 0 Å². The lowest BCUT2D eigenvalue weighted by atomic mass is 9.96. The van der Waals surface area contributed by atoms with Gasteiger partial charge >= 0.3 is 5.97 Å². The quantitative estimate of drug-likeness (QED) is 0.887. The van der Waals surface area contributed by atoms with E-state index in [9.17, 15) is 9.90 Å². The molecule has 0 amide bonds. The average Bonchev–Trinajstić information content (AvgIpc) is 2.10. The van der Waals surface area contributed by atoms with Crippen molar-refractivity contribution in [1.82, 2.24) is 0 Å². The highest BCUT2D eigenvalue weighted by molar-refractivity contribution is 9.10. The second-order valence-corrected chi connectivity index (χ2v) is 4.69. The lowest BCUT2D eigenvalue weighted by molar-refractivity contribution is -0.156. The average molecular weight is 273 g/mol. The van der Waals surface area contributed by atoms with Crippen LogP contribution in [0.4, 0.5) is 0 Å². The predicted molar refractivity (Wildman–Crippen MR) is 60.8 cm³/mol. The molecule has 1 unspecified atom stereocenters. The van der Waals surface area contributed by atoms with E-state index in [-0.39, 0.29) is 6.42 Å². The molecule has 0 radical (unpaired) electrons. The summed E-state index contributed by atoms with van der Waals surface area (Å²) in [6.45, 7) is 3.22. The van der Waals surface area contributed by atoms with Crippen LogP contribution in [-0.4, -0.2) is 21.8 Å². The topological polar surface area (TPSA) is 57.5 Å². The van der Waals surface area contributed by atoms with E-state index in [0.717, 1.165) is 15.6 Å². The van der Waals surface area contributed by atoms with Crippen molar-refractivity contribution in [2.24, 2.45) is 0 Å². The fourth-order valence-corrected chi connectivity index (χ4v) is 1.54. The monoisotopic (exact) mass is 272 g/mol. The smallest absolute Gasteiger partial charge is 0.335 e. The molecule has 0 aliphatic heterocycles. The Kier molecular flexibility index (Phi) is 3.52. The van der Waals surface area contributed by atoms with Crippen LogP contribution in [0.5, 0.6) is 0 Å². The summed E-state index contributed by atoms with van der Waals surface area (Å²) in [5.74, 6) is -1.21. The van der Waals surface area contributed by atoms with Gasteiger partial charge in [0, 0.05) is 10.9 Å². The van der Waals surface area contributed by atoms with Crippen LogP contribution in [0.25, 0.3) is 0 Å². The fraction of sp³-hybridized carbons (Fsp3) is 0.364. The Bertz CT molecular complexity index is 385. The molecule has 0 spiro atoms. The highest BCUT2D eigenvalue weighted by atomic mass is 79.9. The maximum absolute atomic E-state index is 10.7. The third-order valence-electron chi connectivity index (χ3n) is 2.23. The highest BCUT2D eigenvalue weighted by Gasteiger charge is 2.29. The van der Waals surface area contributed by atoms with E-state index in [2.05, 4.69) is 15.9 Å². The van der Waals surface area contributed by atoms with E-state index in [0.29, 0.717) is 0 Å². The van der Waals surface area contributed by atoms with Crippen molar-refractivity contribution >= 4 is 21.9 Å². The standard InChI is InChI=1S/C11H13BrO3/c1-7-5-8(3-4-9(7)12)6-11(2,15)10(13)14/h3-5,15H,6H2,1-2H3,(H,13,14). The van der Waals surface area contributed by atoms with Crippen LogP contribution in [-0.2, 0) is 11.2 Å². The fourth-order valence-electron chi connectivity index (χ4n) is 1.29. The van der Waals surface area contributed by atoms with Gasteiger partial charge in [-0.2, -0.15) is 0 Å². The van der Waals surface area contributed by atoms with E-state index in [1.54, 1.807) is 6.07 Å². The first-order chi connectivity index (χ1) is 6.83. The second-order valence-electron chi connectivity index (χ2n) is 3.84. The van der Waals surface area contributed by atoms with Crippen molar-refractivity contribution in [3.8, 4) is 0 Å². The molecular weight excluding hydrogens is 260 g/mol. The molecule has 0 heterocycles. The molecule has 0 fully saturated rings. The Labute approximate surface area is 96.9 Å². The van der Waals surface area contributed by atoms with Crippen molar-refractivity contribution in [1.29, 1.82) is 0 Å². The van der Waals surface area contributed by atoms with Gasteiger partial charge in [-0.25, -0.2) is 4.79 Å². The highest BCUT2D eigenvalue weighted by Crippen LogP contribution is 2.20. The molecule has 0 aliphatic carbocycles. The Balaban J connectivity index is 2.91. The van der Waals surface area contributed by atoms with Crippen LogP contribution in [0.1, 0.15) is 18.1 Å². The molecule has 0 saturated heterocycles. The van der Waals surface area contributed by atoms with Crippen molar-refractivity contribution < 1.29 is 15.0 Å². The van der Waals surface area contributed by atoms with Crippen LogP contribution < -0.4 is 0 Å². The first kappa shape index (κ1) is 12.2. The zero-order chi connectivity index (χ0) is 11.6. The summed E-state index contributed by atoms with van der Waals surface area (Å²) >= 11 is 3.36. The normalized spacial score (nSPS) is 14.7. The lowest BCUT2D eigenvalue weighted by Crippen LogP contribution is -2.37. The lowest BCUT2D eigenvalue weighted by Gasteiger charge is -2.18. The maximum Gasteiger partial charge on any atom is 0.335 e. The number of aliphatic hydroxyl groups is 1. The molecule has 2 N–H and O–H groups in total. The minimum atomic E-state index is -1.71. The summed E-state index contributed by atoms with van der Waals surface area (Å²) in [6, 6.07) is 5.51. The van der Waals surface area contributed by atoms with Crippen molar-refractivity contribution in [2.45, 2.75) is 25.9 Å². The number of rotatable bonds is 3. The predicted octanol–water partition coefficient (Wildman–Crippen LogP) is 2.14. The van der Waals surface area contributed by atoms with Gasteiger partial charge in [0.2, 0.25) is 0 Å². The van der Waals surface area contributed by atoms with Crippen molar-refractivity contribution in [2.75, 3.05) is 0 Å². The van der Waals surface area contributed by atoms with Gasteiger partial charge in [-0.3, -0.25) is 0 Å². The third kappa shape index (κ3) is 3.04. The first-order valence-electron chi connectivity index (χ1n) is 4.54. The number of carboxylic acid groups (broad SMARTS) is 1. The Morgan fingerprint density at radius 3 is 2.60 bits per heavy atom. The molecule has 1 aromatic carbocycles. The van der Waals surface area contributed by atoms with Gasteiger partial charge in [0.25, 0.3) is 0 Å². The molecular formula is C11H13BrO3. The number of carbonyl (C=O) groups is 1. The van der Waals surface area contributed by atoms with E-state index in [1.807, 2.05) is 19.1 Å². The molecule has 82 valence electrons. The Hall–Kier alpha value is -0.870. The van der Waals surface area contributed by atoms with E-state index >= 15 is 0 Å². The minimum absolute atomic E-state index is 0.108. The van der Waals surface area contributed by atoms with Gasteiger partial charge in [0.15, 0.2) is 5.60 Å². The number of benzene rings is 1. The van der Waals surface area contributed by atoms with Crippen LogP contribution in [0.2, 0.25) is 0 Å². The largest absolute Gasteiger partial charge is 0.479 e. The Morgan fingerprint density at radius 2 is 2.13 bits per heavy atom. The number of hydrogen-bond donors (Lipinski definition) is 2. The number of carboxylic acids is 1. The molecule has 0 saturated carbocycles. The summed E-state index contributed by atoms with van der Waals surface area (Å²) < 4.78 is 0.973. The SMILES string of the molecule is Cc1cc(CC(C)(O)C(=O)O)ccc1Br. The molecule has 0 aliphatic rings. The molecule has 1 atom stereocenters. The molecule has 0 bridgehead atoms. The van der Waals surface area contributed by atoms with Crippen LogP contribution in [0, 0.1) is 6.92 Å². The Morgan fingerprint density at radius 1 is 1.53 bits per heavy atom. The van der Waals surface area contributed by atoms with E-state index < -0.39 is 11.6 Å². The summed E-state index contributed by atoms with van der Waals surface area (Å²) in [6.07, 6.45) is 0.108. The molecule has 1 rings (SSSR count). The van der Waals surface area contributed by atoms with Gasteiger partial charge in [0.05, 0.1) is 0 Å². The maximum atomic E-state index is 10.7. The van der Waals surface area contributed by atoms with Gasteiger partial charge in [-0.05, 0) is 31.0 Å². The van der Waals surface area contributed by atoms with E-state index in [1.165, 1.54) is 6.92 Å². The molecule has 3 nitrogen and oxygen atoms in total. The van der Waals surface area contributed by atoms with Crippen molar-refractivity contribution in [3.05, 3.63) is 33.8 Å². The second kappa shape index (κ2) is 4.33. The zero-order valence-corrected chi connectivity index (χ0v) is 10.2. The summed E-state index contributed by atoms with van der Waals surface area (Å²) in [5, 5.41) is 18.4. The number of aryl methyl sites for hydroxylation is 1. The molecule has 1 aromatic rings. The van der Waals surface area contributed by atoms with Gasteiger partial charge in [-0.1, -0.05) is 28.1 Å². The van der Waals surface area contributed by atoms with Crippen LogP contribution in [0.3, 0.4) is 0 Å². The number of hydrogen-bond acceptors (Lipinski definition) is 2. The first-order valence-corrected chi connectivity index (χ1v) is 5.33. The minimum Gasteiger partial charge on any atom is -0.479 e. The van der Waals surface area contributed by atoms with E-state index in [4.69, 9.17) is 5.11 Å². The zero-order valence-electron chi connectivity index (χ0n) is 8.62. The number of halogens is 1. The number of aliphatic carboxylic acids is 1. The van der Waals surface area contributed by atoms with Crippen LogP contribution in [0.15, 0.2) is 22.7 Å². The third-order valence-corrected chi connectivity index (χ3v) is 3.12. The molecule has 15 heavy (non-hydrogen) atoms. The molecule has 4 heteroatoms. The summed E-state index contributed by atoms with van der Waals surface area (Å²) in [4.78, 5) is 10.7. The summed E-state index contributed by atoms with van der Waals surface area (Å²) in [7, 11) is 0.